The van der Waals surface area contributed by atoms with Crippen molar-refractivity contribution >= 4 is 22.9 Å². The van der Waals surface area contributed by atoms with Crippen molar-refractivity contribution in [1.82, 2.24) is 5.32 Å². The Balaban J connectivity index is 1.40. The molecule has 0 aromatic heterocycles. The van der Waals surface area contributed by atoms with Crippen LogP contribution in [0.2, 0.25) is 0 Å². The Morgan fingerprint density at radius 1 is 0.854 bits per heavy atom. The molecule has 2 heterocycles. The van der Waals surface area contributed by atoms with Gasteiger partial charge in [-0.2, -0.15) is 0 Å². The van der Waals surface area contributed by atoms with Crippen molar-refractivity contribution < 1.29 is 0 Å². The first-order valence-corrected chi connectivity index (χ1v) is 14.3. The first-order valence-electron chi connectivity index (χ1n) is 14.3. The highest BCUT2D eigenvalue weighted by Gasteiger charge is 2.30. The maximum atomic E-state index is 5.11. The van der Waals surface area contributed by atoms with Gasteiger partial charge in [0, 0.05) is 34.2 Å². The Labute approximate surface area is 243 Å². The second-order valence-electron chi connectivity index (χ2n) is 10.9. The Morgan fingerprint density at radius 2 is 1.54 bits per heavy atom. The Bertz CT molecular complexity index is 1710. The SMILES string of the molecule is C=C(/N=C(\N=C(/C)C1=CCC(C)C(C2=C3C=CC=C(N3)c3ccccc3C2C)=C1)c1ccccc1)c1ccccc1. The molecule has 3 nitrogen and oxygen atoms in total. The summed E-state index contributed by atoms with van der Waals surface area (Å²) in [5.41, 5.74) is 12.4. The standard InChI is InChI=1S/C38H35N3/c1-25-22-23-31(24-34(25)37-26(2)32-18-11-12-19-33(32)35-20-13-21-36(37)41-35)28(4)40-38(30-16-9-6-10-17-30)39-27(3)29-14-7-5-8-15-29/h5-21,23-26,41H,3,22H2,1-2,4H3/b39-38-,40-28+. The molecule has 2 aliphatic heterocycles. The van der Waals surface area contributed by atoms with Crippen LogP contribution >= 0.6 is 0 Å². The summed E-state index contributed by atoms with van der Waals surface area (Å²) in [6.45, 7) is 11.0. The summed E-state index contributed by atoms with van der Waals surface area (Å²) < 4.78 is 0. The number of dihydropyridines is 1. The van der Waals surface area contributed by atoms with Crippen LogP contribution < -0.4 is 5.32 Å². The lowest BCUT2D eigenvalue weighted by Crippen LogP contribution is -2.18. The molecule has 2 unspecified atom stereocenters. The predicted octanol–water partition coefficient (Wildman–Crippen LogP) is 9.03. The molecular formula is C38H35N3. The van der Waals surface area contributed by atoms with Crippen LogP contribution in [0.5, 0.6) is 0 Å². The second-order valence-corrected chi connectivity index (χ2v) is 10.9. The maximum Gasteiger partial charge on any atom is 0.160 e. The van der Waals surface area contributed by atoms with Crippen LogP contribution in [-0.2, 0) is 0 Å². The first-order chi connectivity index (χ1) is 20.0. The molecule has 0 spiro atoms. The molecule has 0 saturated heterocycles. The van der Waals surface area contributed by atoms with E-state index in [-0.39, 0.29) is 5.92 Å². The third-order valence-corrected chi connectivity index (χ3v) is 8.15. The van der Waals surface area contributed by atoms with Crippen LogP contribution in [0.4, 0.5) is 0 Å². The minimum absolute atomic E-state index is 0.253. The minimum Gasteiger partial charge on any atom is -0.355 e. The van der Waals surface area contributed by atoms with Crippen molar-refractivity contribution in [3.05, 3.63) is 167 Å². The van der Waals surface area contributed by atoms with E-state index in [1.54, 1.807) is 0 Å². The second kappa shape index (κ2) is 11.4. The van der Waals surface area contributed by atoms with Gasteiger partial charge in [-0.1, -0.05) is 118 Å². The number of rotatable bonds is 5. The van der Waals surface area contributed by atoms with Crippen molar-refractivity contribution in [3.8, 4) is 0 Å². The number of fused-ring (bicyclic) bond motifs is 4. The summed E-state index contributed by atoms with van der Waals surface area (Å²) >= 11 is 0. The molecule has 3 aromatic carbocycles. The molecule has 2 atom stereocenters. The van der Waals surface area contributed by atoms with Gasteiger partial charge < -0.3 is 5.32 Å². The number of aliphatic imine (C=N–C) groups is 2. The zero-order chi connectivity index (χ0) is 28.3. The molecule has 3 heteroatoms. The van der Waals surface area contributed by atoms with Crippen LogP contribution in [0.15, 0.2) is 154 Å². The van der Waals surface area contributed by atoms with E-state index in [1.165, 1.54) is 33.7 Å². The van der Waals surface area contributed by atoms with Crippen molar-refractivity contribution in [3.63, 3.8) is 0 Å². The fourth-order valence-electron chi connectivity index (χ4n) is 5.88. The predicted molar refractivity (Wildman–Crippen MR) is 174 cm³/mol. The number of nitrogens with one attached hydrogen (secondary N) is 1. The van der Waals surface area contributed by atoms with Gasteiger partial charge in [0.2, 0.25) is 0 Å². The number of hydrogen-bond donors (Lipinski definition) is 1. The van der Waals surface area contributed by atoms with Crippen LogP contribution in [0.25, 0.3) is 11.4 Å². The van der Waals surface area contributed by atoms with Crippen LogP contribution in [0.1, 0.15) is 55.4 Å². The molecule has 2 bridgehead atoms. The number of benzene rings is 3. The lowest BCUT2D eigenvalue weighted by atomic mass is 9.77. The molecule has 202 valence electrons. The molecule has 0 amide bonds. The zero-order valence-corrected chi connectivity index (χ0v) is 23.9. The van der Waals surface area contributed by atoms with Gasteiger partial charge in [0.05, 0.1) is 5.70 Å². The molecule has 41 heavy (non-hydrogen) atoms. The Hall–Kier alpha value is -4.76. The zero-order valence-electron chi connectivity index (χ0n) is 23.9. The number of amidine groups is 1. The van der Waals surface area contributed by atoms with Gasteiger partial charge in [0.15, 0.2) is 5.84 Å². The Morgan fingerprint density at radius 3 is 2.29 bits per heavy atom. The third kappa shape index (κ3) is 5.36. The van der Waals surface area contributed by atoms with E-state index in [1.807, 2.05) is 48.5 Å². The molecule has 0 radical (unpaired) electrons. The highest BCUT2D eigenvalue weighted by Crippen LogP contribution is 2.43. The van der Waals surface area contributed by atoms with E-state index in [0.717, 1.165) is 28.8 Å². The quantitative estimate of drug-likeness (QED) is 0.258. The molecule has 3 aromatic rings. The summed E-state index contributed by atoms with van der Waals surface area (Å²) in [7, 11) is 0. The highest BCUT2D eigenvalue weighted by molar-refractivity contribution is 6.13. The average Bonchev–Trinajstić information content (AvgIpc) is 3.09. The van der Waals surface area contributed by atoms with Crippen molar-refractivity contribution in [2.75, 3.05) is 0 Å². The van der Waals surface area contributed by atoms with E-state index in [4.69, 9.17) is 9.98 Å². The van der Waals surface area contributed by atoms with E-state index in [2.05, 4.69) is 99.4 Å². The van der Waals surface area contributed by atoms with Crippen molar-refractivity contribution in [2.24, 2.45) is 15.9 Å². The summed E-state index contributed by atoms with van der Waals surface area (Å²) in [6.07, 6.45) is 12.2. The van der Waals surface area contributed by atoms with Crippen molar-refractivity contribution in [2.45, 2.75) is 33.1 Å². The van der Waals surface area contributed by atoms with Gasteiger partial charge in [-0.15, -0.1) is 0 Å². The minimum atomic E-state index is 0.253. The number of nitrogens with zero attached hydrogens (tertiary/aromatic N) is 2. The van der Waals surface area contributed by atoms with Gasteiger partial charge in [-0.05, 0) is 65.3 Å². The fourth-order valence-corrected chi connectivity index (χ4v) is 5.88. The maximum absolute atomic E-state index is 5.11. The fraction of sp³-hybridized carbons (Fsp3) is 0.158. The van der Waals surface area contributed by atoms with E-state index in [9.17, 15) is 0 Å². The highest BCUT2D eigenvalue weighted by atomic mass is 14.9. The molecule has 0 fully saturated rings. The normalized spacial score (nSPS) is 20.3. The Kier molecular flexibility index (Phi) is 7.35. The summed E-state index contributed by atoms with van der Waals surface area (Å²) in [4.78, 5) is 10.0. The van der Waals surface area contributed by atoms with Crippen LogP contribution in [0, 0.1) is 5.92 Å². The van der Waals surface area contributed by atoms with Crippen LogP contribution in [-0.4, -0.2) is 11.5 Å². The van der Waals surface area contributed by atoms with E-state index < -0.39 is 0 Å². The summed E-state index contributed by atoms with van der Waals surface area (Å²) in [5, 5.41) is 3.74. The largest absolute Gasteiger partial charge is 0.355 e. The molecular weight excluding hydrogens is 498 g/mol. The van der Waals surface area contributed by atoms with Gasteiger partial charge in [0.25, 0.3) is 0 Å². The molecule has 3 aliphatic rings. The summed E-state index contributed by atoms with van der Waals surface area (Å²) in [6, 6.07) is 29.0. The monoisotopic (exact) mass is 533 g/mol. The van der Waals surface area contributed by atoms with Gasteiger partial charge >= 0.3 is 0 Å². The number of allylic oxidation sites excluding steroid dienone is 8. The van der Waals surface area contributed by atoms with E-state index >= 15 is 0 Å². The third-order valence-electron chi connectivity index (χ3n) is 8.15. The van der Waals surface area contributed by atoms with Gasteiger partial charge in [-0.25, -0.2) is 9.98 Å². The molecule has 6 rings (SSSR count). The average molecular weight is 534 g/mol. The van der Waals surface area contributed by atoms with E-state index in [0.29, 0.717) is 17.5 Å². The summed E-state index contributed by atoms with van der Waals surface area (Å²) in [5.74, 6) is 1.31. The molecule has 1 aliphatic carbocycles. The molecule has 0 saturated carbocycles. The number of hydrogen-bond acceptors (Lipinski definition) is 2. The van der Waals surface area contributed by atoms with Crippen molar-refractivity contribution in [1.29, 1.82) is 0 Å². The molecule has 1 N–H and O–H groups in total. The van der Waals surface area contributed by atoms with Gasteiger partial charge in [-0.3, -0.25) is 0 Å². The first kappa shape index (κ1) is 26.5. The van der Waals surface area contributed by atoms with Crippen LogP contribution in [0.3, 0.4) is 0 Å². The lowest BCUT2D eigenvalue weighted by molar-refractivity contribution is 0.670. The lowest BCUT2D eigenvalue weighted by Gasteiger charge is -2.28. The topological polar surface area (TPSA) is 36.8 Å². The smallest absolute Gasteiger partial charge is 0.160 e. The van der Waals surface area contributed by atoms with Gasteiger partial charge in [0.1, 0.15) is 0 Å².